The van der Waals surface area contributed by atoms with Gasteiger partial charge in [0.05, 0.1) is 17.2 Å². The number of fused-ring (bicyclic) bond motifs is 1. The summed E-state index contributed by atoms with van der Waals surface area (Å²) < 4.78 is 29.0. The minimum Gasteiger partial charge on any atom is -0.337 e. The number of aryl methyl sites for hydroxylation is 1. The van der Waals surface area contributed by atoms with E-state index in [0.29, 0.717) is 19.2 Å². The average molecular weight is 356 g/mol. The molecule has 26 heavy (non-hydrogen) atoms. The molecule has 2 aromatic heterocycles. The smallest absolute Gasteiger partial charge is 0.275 e. The van der Waals surface area contributed by atoms with Crippen molar-refractivity contribution in [2.45, 2.75) is 25.8 Å². The Balaban J connectivity index is 1.52. The third-order valence-corrected chi connectivity index (χ3v) is 4.90. The van der Waals surface area contributed by atoms with Gasteiger partial charge in [-0.15, -0.1) is 0 Å². The SMILES string of the molecule is Cc1nc2ccccc2n1C1CCN(C(=O)c2ncc(F)cc2F)CC1. The van der Waals surface area contributed by atoms with Gasteiger partial charge in [0.1, 0.15) is 11.6 Å². The van der Waals surface area contributed by atoms with Crippen LogP contribution in [0.4, 0.5) is 8.78 Å². The molecule has 5 nitrogen and oxygen atoms in total. The normalized spacial score (nSPS) is 15.6. The van der Waals surface area contributed by atoms with Crippen molar-refractivity contribution in [2.75, 3.05) is 13.1 Å². The van der Waals surface area contributed by atoms with Crippen molar-refractivity contribution in [3.05, 3.63) is 59.7 Å². The van der Waals surface area contributed by atoms with E-state index in [9.17, 15) is 13.6 Å². The summed E-state index contributed by atoms with van der Waals surface area (Å²) in [7, 11) is 0. The summed E-state index contributed by atoms with van der Waals surface area (Å²) in [5, 5.41) is 0. The lowest BCUT2D eigenvalue weighted by atomic mass is 10.0. The molecule has 0 saturated carbocycles. The maximum atomic E-state index is 13.8. The Morgan fingerprint density at radius 1 is 1.19 bits per heavy atom. The Morgan fingerprint density at radius 3 is 2.65 bits per heavy atom. The second kappa shape index (κ2) is 6.48. The molecule has 0 aliphatic carbocycles. The van der Waals surface area contributed by atoms with Crippen LogP contribution >= 0.6 is 0 Å². The molecule has 1 aliphatic rings. The minimum atomic E-state index is -0.923. The second-order valence-corrected chi connectivity index (χ2v) is 6.53. The van der Waals surface area contributed by atoms with Crippen molar-refractivity contribution < 1.29 is 13.6 Å². The van der Waals surface area contributed by atoms with Gasteiger partial charge in [-0.05, 0) is 31.9 Å². The Kier molecular flexibility index (Phi) is 4.14. The predicted molar refractivity (Wildman–Crippen MR) is 92.8 cm³/mol. The first kappa shape index (κ1) is 16.6. The summed E-state index contributed by atoms with van der Waals surface area (Å²) in [5.74, 6) is -1.26. The number of hydrogen-bond donors (Lipinski definition) is 0. The van der Waals surface area contributed by atoms with Gasteiger partial charge >= 0.3 is 0 Å². The minimum absolute atomic E-state index is 0.234. The van der Waals surface area contributed by atoms with Crippen molar-refractivity contribution >= 4 is 16.9 Å². The van der Waals surface area contributed by atoms with Crippen LogP contribution in [-0.2, 0) is 0 Å². The quantitative estimate of drug-likeness (QED) is 0.706. The second-order valence-electron chi connectivity index (χ2n) is 6.53. The predicted octanol–water partition coefficient (Wildman–Crippen LogP) is 3.50. The molecule has 1 fully saturated rings. The Labute approximate surface area is 149 Å². The van der Waals surface area contributed by atoms with Gasteiger partial charge in [-0.2, -0.15) is 0 Å². The van der Waals surface area contributed by atoms with Crippen LogP contribution < -0.4 is 0 Å². The highest BCUT2D eigenvalue weighted by Crippen LogP contribution is 2.29. The summed E-state index contributed by atoms with van der Waals surface area (Å²) in [6.07, 6.45) is 2.36. The average Bonchev–Trinajstić information content (AvgIpc) is 2.97. The van der Waals surface area contributed by atoms with Crippen LogP contribution in [-0.4, -0.2) is 38.4 Å². The number of para-hydroxylation sites is 2. The van der Waals surface area contributed by atoms with E-state index in [4.69, 9.17) is 0 Å². The Bertz CT molecular complexity index is 977. The molecule has 7 heteroatoms. The van der Waals surface area contributed by atoms with Gasteiger partial charge in [-0.25, -0.2) is 18.7 Å². The van der Waals surface area contributed by atoms with Gasteiger partial charge in [-0.1, -0.05) is 12.1 Å². The number of benzene rings is 1. The van der Waals surface area contributed by atoms with Gasteiger partial charge in [0.25, 0.3) is 5.91 Å². The fraction of sp³-hybridized carbons (Fsp3) is 0.316. The van der Waals surface area contributed by atoms with Crippen molar-refractivity contribution in [3.63, 3.8) is 0 Å². The van der Waals surface area contributed by atoms with E-state index in [1.54, 1.807) is 4.90 Å². The number of carbonyl (C=O) groups is 1. The standard InChI is InChI=1S/C19H18F2N4O/c1-12-23-16-4-2-3-5-17(16)25(12)14-6-8-24(9-7-14)19(26)18-15(21)10-13(20)11-22-18/h2-5,10-11,14H,6-9H2,1H3. The van der Waals surface area contributed by atoms with Crippen molar-refractivity contribution in [2.24, 2.45) is 0 Å². The highest BCUT2D eigenvalue weighted by Gasteiger charge is 2.28. The van der Waals surface area contributed by atoms with Crippen molar-refractivity contribution in [1.82, 2.24) is 19.4 Å². The molecule has 0 bridgehead atoms. The summed E-state index contributed by atoms with van der Waals surface area (Å²) >= 11 is 0. The van der Waals surface area contributed by atoms with Crippen LogP contribution in [0.2, 0.25) is 0 Å². The summed E-state index contributed by atoms with van der Waals surface area (Å²) in [4.78, 5) is 22.3. The van der Waals surface area contributed by atoms with E-state index in [1.165, 1.54) is 0 Å². The Morgan fingerprint density at radius 2 is 1.92 bits per heavy atom. The number of nitrogens with zero attached hydrogens (tertiary/aromatic N) is 4. The van der Waals surface area contributed by atoms with Gasteiger partial charge in [0, 0.05) is 25.2 Å². The van der Waals surface area contributed by atoms with Crippen LogP contribution in [0.1, 0.15) is 35.2 Å². The largest absolute Gasteiger partial charge is 0.337 e. The number of amides is 1. The number of imidazole rings is 1. The molecule has 1 aromatic carbocycles. The highest BCUT2D eigenvalue weighted by atomic mass is 19.1. The monoisotopic (exact) mass is 356 g/mol. The molecule has 3 aromatic rings. The highest BCUT2D eigenvalue weighted by molar-refractivity contribution is 5.92. The van der Waals surface area contributed by atoms with E-state index in [0.717, 1.165) is 35.9 Å². The molecule has 3 heterocycles. The molecule has 1 saturated heterocycles. The summed E-state index contributed by atoms with van der Waals surface area (Å²) in [5.41, 5.74) is 1.72. The van der Waals surface area contributed by atoms with Crippen LogP contribution in [0, 0.1) is 18.6 Å². The first-order chi connectivity index (χ1) is 12.5. The zero-order valence-electron chi connectivity index (χ0n) is 14.3. The van der Waals surface area contributed by atoms with Crippen LogP contribution in [0.3, 0.4) is 0 Å². The number of halogens is 2. The lowest BCUT2D eigenvalue weighted by Gasteiger charge is -2.33. The van der Waals surface area contributed by atoms with Gasteiger partial charge in [0.2, 0.25) is 0 Å². The van der Waals surface area contributed by atoms with Crippen molar-refractivity contribution in [3.8, 4) is 0 Å². The third kappa shape index (κ3) is 2.83. The van der Waals surface area contributed by atoms with E-state index in [1.807, 2.05) is 31.2 Å². The lowest BCUT2D eigenvalue weighted by molar-refractivity contribution is 0.0684. The van der Waals surface area contributed by atoms with Gasteiger partial charge in [-0.3, -0.25) is 4.79 Å². The molecule has 134 valence electrons. The maximum Gasteiger partial charge on any atom is 0.275 e. The molecule has 0 atom stereocenters. The molecule has 4 rings (SSSR count). The first-order valence-corrected chi connectivity index (χ1v) is 8.58. The summed E-state index contributed by atoms with van der Waals surface area (Å²) in [6.45, 7) is 2.97. The van der Waals surface area contributed by atoms with E-state index >= 15 is 0 Å². The van der Waals surface area contributed by atoms with E-state index in [-0.39, 0.29) is 11.7 Å². The fourth-order valence-electron chi connectivity index (χ4n) is 3.67. The molecule has 1 aliphatic heterocycles. The van der Waals surface area contributed by atoms with Crippen LogP contribution in [0.25, 0.3) is 11.0 Å². The van der Waals surface area contributed by atoms with Crippen LogP contribution in [0.5, 0.6) is 0 Å². The third-order valence-electron chi connectivity index (χ3n) is 4.90. The zero-order valence-corrected chi connectivity index (χ0v) is 14.3. The maximum absolute atomic E-state index is 13.8. The lowest BCUT2D eigenvalue weighted by Crippen LogP contribution is -2.40. The molecular weight excluding hydrogens is 338 g/mol. The number of rotatable bonds is 2. The Hall–Kier alpha value is -2.83. The molecular formula is C19H18F2N4O. The number of pyridine rings is 1. The fourth-order valence-corrected chi connectivity index (χ4v) is 3.67. The first-order valence-electron chi connectivity index (χ1n) is 8.58. The van der Waals surface area contributed by atoms with E-state index < -0.39 is 17.5 Å². The zero-order chi connectivity index (χ0) is 18.3. The molecule has 0 radical (unpaired) electrons. The number of piperidine rings is 1. The molecule has 1 amide bonds. The van der Waals surface area contributed by atoms with Crippen molar-refractivity contribution in [1.29, 1.82) is 0 Å². The van der Waals surface area contributed by atoms with Gasteiger partial charge < -0.3 is 9.47 Å². The molecule has 0 unspecified atom stereocenters. The number of aromatic nitrogens is 3. The van der Waals surface area contributed by atoms with Crippen LogP contribution in [0.15, 0.2) is 36.5 Å². The summed E-state index contributed by atoms with van der Waals surface area (Å²) in [6, 6.07) is 8.91. The molecule has 0 spiro atoms. The number of hydrogen-bond acceptors (Lipinski definition) is 3. The molecule has 0 N–H and O–H groups in total. The number of likely N-dealkylation sites (tertiary alicyclic amines) is 1. The number of carbonyl (C=O) groups excluding carboxylic acids is 1. The topological polar surface area (TPSA) is 51.0 Å². The van der Waals surface area contributed by atoms with E-state index in [2.05, 4.69) is 14.5 Å². The van der Waals surface area contributed by atoms with Gasteiger partial charge in [0.15, 0.2) is 11.5 Å².